The number of carbonyl (C=O) groups is 4. The number of rotatable bonds is 12. The minimum Gasteiger partial charge on any atom is -0.507 e. The standard InChI is InChI=1S/2C16H9ClF3IN2.C10H9ClO2.C10H9IO2.C8H7ClO.C8H7IO.C6H7ClN2.C6H6ClN.C6H7IN2.C6H6IN.4C2H6/c17-11-6-4-10(5-7-11)14-9-15(16(18,19)20)22-23(14)13-3-1-2-12(21)8-13;17-11-4-6-13(7-5-11)23-14(9-15(22-23)16(18,19)20)10-2-1-3-12(21)8-10;1-7(12)6-10(13)8-2-4-9(11)5-3-8;1-7(12)5-10(13)8-3-2-4-9(11)6-8;1-6(10)7-2-4-8(9)5-3-7;1-6(10)7-3-2-4-8(9)5-7;7-5-1-3-6(9-8)4-2-5;7-5-1-3-6(8)4-2-5;7-5-2-1-3-6(4-5)9-8;7-5-2-1-3-6(8)4-5;4*1-2/h2*1-9H;2*2-6,13H,1H3;2*2-5H,1H3;1-4,9H,8H2;1-4H,8H2;1-4,9H,8H2;1-4H,8H2;4*1-2H3/b;;10-6-;10-5-;;;;;;;;;;. The summed E-state index contributed by atoms with van der Waals surface area (Å²) < 4.78 is 87.3. The molecule has 12 aromatic carbocycles. The number of nitrogens with zero attached hydrogens (tertiary/aromatic N) is 4. The molecule has 0 spiro atoms. The van der Waals surface area contributed by atoms with Crippen LogP contribution >= 0.6 is 205 Å². The van der Waals surface area contributed by atoms with Gasteiger partial charge in [-0.2, -0.15) is 36.5 Å². The predicted molar refractivity (Wildman–Crippen MR) is 598 cm³/mol. The highest BCUT2D eigenvalue weighted by Crippen LogP contribution is 2.36. The highest BCUT2D eigenvalue weighted by atomic mass is 127. The van der Waals surface area contributed by atoms with E-state index in [1.54, 1.807) is 177 Å². The molecule has 0 bridgehead atoms. The summed E-state index contributed by atoms with van der Waals surface area (Å²) in [6.45, 7) is 21.9. The number of hydrogen-bond donors (Lipinski definition) is 8. The number of aliphatic hydroxyl groups excluding tert-OH is 2. The molecule has 0 aliphatic carbocycles. The number of aliphatic hydroxyl groups is 2. The van der Waals surface area contributed by atoms with Gasteiger partial charge in [-0.1, -0.05) is 192 Å². The van der Waals surface area contributed by atoms with E-state index in [2.05, 4.69) is 157 Å². The molecule has 0 radical (unpaired) electrons. The Labute approximate surface area is 891 Å². The van der Waals surface area contributed by atoms with Crippen LogP contribution in [0.15, 0.2) is 315 Å². The Morgan fingerprint density at radius 3 is 1.00 bits per heavy atom. The third-order valence-electron chi connectivity index (χ3n) is 15.5. The molecule has 0 aliphatic heterocycles. The van der Waals surface area contributed by atoms with Crippen LogP contribution in [0.3, 0.4) is 0 Å². The molecule has 16 nitrogen and oxygen atoms in total. The second-order valence-corrected chi connectivity index (χ2v) is 35.6. The van der Waals surface area contributed by atoms with Crippen LogP contribution in [0.4, 0.5) is 49.1 Å². The van der Waals surface area contributed by atoms with Gasteiger partial charge in [0.25, 0.3) is 0 Å². The largest absolute Gasteiger partial charge is 0.507 e. The van der Waals surface area contributed by atoms with Crippen LogP contribution in [0.5, 0.6) is 0 Å². The number of allylic oxidation sites excluding steroid dienone is 2. The Hall–Kier alpha value is -8.36. The second kappa shape index (κ2) is 67.8. The Morgan fingerprint density at radius 1 is 0.328 bits per heavy atom. The Kier molecular flexibility index (Phi) is 62.6. The van der Waals surface area contributed by atoms with Crippen molar-refractivity contribution in [2.45, 2.75) is 95.4 Å². The molecule has 134 heavy (non-hydrogen) atoms. The summed E-state index contributed by atoms with van der Waals surface area (Å²) in [4.78, 5) is 42.8. The van der Waals surface area contributed by atoms with Crippen LogP contribution < -0.4 is 34.0 Å². The van der Waals surface area contributed by atoms with Gasteiger partial charge in [0, 0.05) is 120 Å². The minimum atomic E-state index is -4.51. The topological polar surface area (TPSA) is 273 Å². The first kappa shape index (κ1) is 124. The van der Waals surface area contributed by atoms with Gasteiger partial charge in [-0.05, 0) is 400 Å². The van der Waals surface area contributed by atoms with Gasteiger partial charge in [0.1, 0.15) is 11.5 Å². The summed E-state index contributed by atoms with van der Waals surface area (Å²) in [5, 5.41) is 30.0. The number of nitrogen functional groups attached to an aromatic ring is 4. The zero-order chi connectivity index (χ0) is 101. The summed E-state index contributed by atoms with van der Waals surface area (Å²) in [6.07, 6.45) is -6.63. The van der Waals surface area contributed by atoms with Crippen LogP contribution in [0, 0.1) is 21.4 Å². The number of benzene rings is 12. The SMILES string of the molecule is CC.CC.CC.CC.CC(=O)/C=C(\O)c1ccc(Cl)cc1.CC(=O)/C=C(\O)c1cccc(I)c1.CC(=O)c1ccc(Cl)cc1.CC(=O)c1cccc(I)c1.FC(F)(F)c1cc(-c2ccc(Cl)cc2)n(-c2cccc(I)c2)n1.FC(F)(F)c1cc(-c2cccc(I)c2)n(-c2ccc(Cl)cc2)n1.NNc1ccc(Cl)cc1.NNc1cccc(I)c1.Nc1ccc(Cl)cc1.Nc1cccc(I)c1. The van der Waals surface area contributed by atoms with Gasteiger partial charge in [-0.3, -0.25) is 30.9 Å². The van der Waals surface area contributed by atoms with E-state index >= 15 is 0 Å². The summed E-state index contributed by atoms with van der Waals surface area (Å²) in [5.41, 5.74) is 23.2. The van der Waals surface area contributed by atoms with Crippen molar-refractivity contribution in [3.05, 3.63) is 401 Å². The molecule has 0 amide bonds. The number of ketones is 4. The van der Waals surface area contributed by atoms with Crippen molar-refractivity contribution in [2.24, 2.45) is 11.7 Å². The minimum absolute atomic E-state index is 0.0195. The lowest BCUT2D eigenvalue weighted by Gasteiger charge is -2.08. The third-order valence-corrected chi connectivity index (χ3v) is 21.1. The first-order chi connectivity index (χ1) is 63.5. The molecular formula is C100H100Cl6F6I6N10O6. The van der Waals surface area contributed by atoms with Crippen LogP contribution in [0.1, 0.15) is 126 Å². The van der Waals surface area contributed by atoms with E-state index < -0.39 is 23.7 Å². The number of Topliss-reactive ketones (excluding diaryl/α,β-unsaturated/α-hetero) is 2. The van der Waals surface area contributed by atoms with Crippen LogP contribution in [-0.2, 0) is 21.9 Å². The number of anilines is 4. The molecule has 0 fully saturated rings. The molecule has 2 heterocycles. The van der Waals surface area contributed by atoms with Crippen molar-refractivity contribution >= 4 is 263 Å². The van der Waals surface area contributed by atoms with E-state index in [4.69, 9.17) is 92.8 Å². The van der Waals surface area contributed by atoms with E-state index in [0.717, 1.165) is 59.7 Å². The maximum atomic E-state index is 13.1. The summed E-state index contributed by atoms with van der Waals surface area (Å²) >= 11 is 47.1. The normalized spacial score (nSPS) is 10.1. The number of hydrazine groups is 2. The van der Waals surface area contributed by atoms with Gasteiger partial charge >= 0.3 is 12.4 Å². The van der Waals surface area contributed by atoms with Gasteiger partial charge in [-0.25, -0.2) is 9.36 Å². The fraction of sp³-hybridized carbons (Fsp3) is 0.140. The van der Waals surface area contributed by atoms with Gasteiger partial charge in [0.05, 0.1) is 22.8 Å². The number of nitrogens with one attached hydrogen (secondary N) is 2. The number of hydrogen-bond acceptors (Lipinski definition) is 14. The van der Waals surface area contributed by atoms with Crippen molar-refractivity contribution < 1.29 is 55.7 Å². The summed E-state index contributed by atoms with van der Waals surface area (Å²) in [7, 11) is 0. The second-order valence-electron chi connectivity index (χ2n) is 25.5. The van der Waals surface area contributed by atoms with Gasteiger partial charge in [-0.15, -0.1) is 0 Å². The fourth-order valence-corrected chi connectivity index (χ4v) is 13.6. The molecule has 0 atom stereocenters. The summed E-state index contributed by atoms with van der Waals surface area (Å²) in [6, 6.07) is 87.7. The Bertz CT molecular complexity index is 5730. The zero-order valence-electron chi connectivity index (χ0n) is 74.5. The molecule has 712 valence electrons. The van der Waals surface area contributed by atoms with Crippen molar-refractivity contribution in [2.75, 3.05) is 22.3 Å². The van der Waals surface area contributed by atoms with Crippen molar-refractivity contribution in [1.82, 2.24) is 19.6 Å². The van der Waals surface area contributed by atoms with Crippen molar-refractivity contribution in [3.8, 4) is 33.9 Å². The number of nitrogens with two attached hydrogens (primary N) is 4. The molecule has 12 N–H and O–H groups in total. The maximum Gasteiger partial charge on any atom is 0.435 e. The number of aromatic nitrogens is 4. The van der Waals surface area contributed by atoms with Crippen molar-refractivity contribution in [1.29, 1.82) is 0 Å². The number of carbonyl (C=O) groups excluding carboxylic acids is 4. The predicted octanol–water partition coefficient (Wildman–Crippen LogP) is 33.4. The van der Waals surface area contributed by atoms with E-state index in [-0.39, 0.29) is 34.7 Å². The Balaban J connectivity index is 0.000000756. The van der Waals surface area contributed by atoms with E-state index in [0.29, 0.717) is 75.7 Å². The quantitative estimate of drug-likeness (QED) is 0.00826. The first-order valence-electron chi connectivity index (χ1n) is 40.2. The molecule has 0 unspecified atom stereocenters. The van der Waals surface area contributed by atoms with Gasteiger partial charge in [0.2, 0.25) is 0 Å². The number of alkyl halides is 6. The first-order valence-corrected chi connectivity index (χ1v) is 49.0. The highest BCUT2D eigenvalue weighted by molar-refractivity contribution is 14.1. The lowest BCUT2D eigenvalue weighted by atomic mass is 10.1. The summed E-state index contributed by atoms with van der Waals surface area (Å²) in [5.74, 6) is 10.1. The van der Waals surface area contributed by atoms with E-state index in [1.807, 2.05) is 177 Å². The smallest absolute Gasteiger partial charge is 0.435 e. The third kappa shape index (κ3) is 50.6. The van der Waals surface area contributed by atoms with Crippen molar-refractivity contribution in [3.63, 3.8) is 0 Å². The molecule has 2 aromatic heterocycles. The average molecular weight is 2630 g/mol. The molecule has 0 saturated heterocycles. The highest BCUT2D eigenvalue weighted by Gasteiger charge is 2.36. The molecular weight excluding hydrogens is 2530 g/mol. The van der Waals surface area contributed by atoms with E-state index in [9.17, 15) is 55.7 Å². The zero-order valence-corrected chi connectivity index (χ0v) is 91.9. The monoisotopic (exact) mass is 2620 g/mol. The van der Waals surface area contributed by atoms with Crippen LogP contribution in [-0.4, -0.2) is 52.9 Å². The number of halogens is 18. The van der Waals surface area contributed by atoms with E-state index in [1.165, 1.54) is 49.4 Å². The average Bonchev–Trinajstić information content (AvgIpc) is 1.64. The fourth-order valence-electron chi connectivity index (χ4n) is 9.61. The van der Waals surface area contributed by atoms with Crippen LogP contribution in [0.2, 0.25) is 30.1 Å². The molecule has 14 aromatic rings. The molecule has 0 saturated carbocycles. The Morgan fingerprint density at radius 2 is 0.649 bits per heavy atom. The van der Waals surface area contributed by atoms with Crippen LogP contribution in [0.25, 0.3) is 45.4 Å². The maximum absolute atomic E-state index is 13.1. The molecule has 14 rings (SSSR count). The van der Waals surface area contributed by atoms with Gasteiger partial charge < -0.3 is 32.5 Å². The van der Waals surface area contributed by atoms with Gasteiger partial charge in [0.15, 0.2) is 34.5 Å². The molecule has 0 aliphatic rings. The lowest BCUT2D eigenvalue weighted by molar-refractivity contribution is -0.142. The lowest BCUT2D eigenvalue weighted by Crippen LogP contribution is -2.07. The molecule has 34 heteroatoms.